The molecule has 0 bridgehead atoms. The minimum absolute atomic E-state index is 0.347. The first kappa shape index (κ1) is 18.6. The third kappa shape index (κ3) is 6.34. The van der Waals surface area contributed by atoms with E-state index in [0.717, 1.165) is 16.7 Å². The normalized spacial score (nSPS) is 11.4. The van der Waals surface area contributed by atoms with Gasteiger partial charge in [-0.2, -0.15) is 0 Å². The Labute approximate surface area is 151 Å². The molecule has 1 unspecified atom stereocenters. The molecule has 2 nitrogen and oxygen atoms in total. The van der Waals surface area contributed by atoms with Crippen molar-refractivity contribution in [1.29, 1.82) is 0 Å². The molecule has 2 rings (SSSR count). The van der Waals surface area contributed by atoms with Crippen molar-refractivity contribution < 1.29 is 9.53 Å². The van der Waals surface area contributed by atoms with E-state index >= 15 is 0 Å². The van der Waals surface area contributed by atoms with Crippen molar-refractivity contribution in [3.63, 3.8) is 0 Å². The molecular weight excluding hydrogens is 324 g/mol. The van der Waals surface area contributed by atoms with Crippen LogP contribution in [0.5, 0.6) is 0 Å². The number of rotatable bonds is 2. The Kier molecular flexibility index (Phi) is 6.23. The smallest absolute Gasteiger partial charge is 0.304 e. The molecule has 0 saturated heterocycles. The predicted octanol–water partition coefficient (Wildman–Crippen LogP) is 4.57. The van der Waals surface area contributed by atoms with Gasteiger partial charge in [-0.25, -0.2) is 0 Å². The van der Waals surface area contributed by atoms with E-state index in [4.69, 9.17) is 4.74 Å². The quantitative estimate of drug-likeness (QED) is 0.452. The number of carbonyl (C=O) groups is 1. The highest BCUT2D eigenvalue weighted by molar-refractivity contribution is 6.83. The molecule has 3 heteroatoms. The minimum Gasteiger partial charge on any atom is -0.444 e. The first-order valence-corrected chi connectivity index (χ1v) is 11.7. The molecule has 0 saturated carbocycles. The molecule has 0 N–H and O–H groups in total. The molecule has 0 spiro atoms. The Morgan fingerprint density at radius 1 is 0.960 bits per heavy atom. The average molecular weight is 347 g/mol. The molecule has 0 aliphatic rings. The van der Waals surface area contributed by atoms with Crippen LogP contribution in [0.1, 0.15) is 29.7 Å². The third-order valence-corrected chi connectivity index (χ3v) is 4.11. The van der Waals surface area contributed by atoms with Gasteiger partial charge >= 0.3 is 5.97 Å². The van der Waals surface area contributed by atoms with Crippen LogP contribution in [0.3, 0.4) is 0 Å². The van der Waals surface area contributed by atoms with E-state index < -0.39 is 14.2 Å². The summed E-state index contributed by atoms with van der Waals surface area (Å²) >= 11 is 0. The van der Waals surface area contributed by atoms with E-state index in [1.807, 2.05) is 54.6 Å². The highest BCUT2D eigenvalue weighted by Crippen LogP contribution is 2.21. The number of hydrogen-bond donors (Lipinski definition) is 0. The first-order chi connectivity index (χ1) is 11.8. The van der Waals surface area contributed by atoms with Crippen molar-refractivity contribution in [2.75, 3.05) is 0 Å². The monoisotopic (exact) mass is 346 g/mol. The SMILES string of the molecule is CC(=O)OC(C#C[Si](C)(C)C)c1ccccc1C#Cc1ccccc1. The summed E-state index contributed by atoms with van der Waals surface area (Å²) in [5.74, 6) is 9.13. The maximum absolute atomic E-state index is 11.5. The average Bonchev–Trinajstić information content (AvgIpc) is 2.57. The lowest BCUT2D eigenvalue weighted by Crippen LogP contribution is -2.18. The molecule has 0 aliphatic carbocycles. The van der Waals surface area contributed by atoms with Crippen molar-refractivity contribution in [2.45, 2.75) is 32.7 Å². The van der Waals surface area contributed by atoms with Gasteiger partial charge in [-0.3, -0.25) is 4.79 Å². The van der Waals surface area contributed by atoms with E-state index in [1.165, 1.54) is 6.92 Å². The minimum atomic E-state index is -1.58. The van der Waals surface area contributed by atoms with Crippen LogP contribution in [0.15, 0.2) is 54.6 Å². The standard InChI is InChI=1S/C22H22O2Si/c1-18(23)24-22(16-17-25(2,3)4)21-13-9-8-12-20(21)15-14-19-10-6-5-7-11-19/h5-13,22H,1-4H3. The summed E-state index contributed by atoms with van der Waals surface area (Å²) in [6.07, 6.45) is -0.592. The Bertz CT molecular complexity index is 856. The molecule has 2 aromatic carbocycles. The molecule has 2 aromatic rings. The number of benzene rings is 2. The van der Waals surface area contributed by atoms with E-state index in [-0.39, 0.29) is 5.97 Å². The summed E-state index contributed by atoms with van der Waals surface area (Å²) < 4.78 is 5.47. The fourth-order valence-electron chi connectivity index (χ4n) is 2.12. The van der Waals surface area contributed by atoms with Gasteiger partial charge in [0.2, 0.25) is 0 Å². The summed E-state index contributed by atoms with van der Waals surface area (Å²) in [7, 11) is -1.58. The Balaban J connectivity index is 2.43. The van der Waals surface area contributed by atoms with E-state index in [0.29, 0.717) is 0 Å². The topological polar surface area (TPSA) is 26.3 Å². The molecule has 0 aromatic heterocycles. The molecule has 0 aliphatic heterocycles. The lowest BCUT2D eigenvalue weighted by atomic mass is 10.0. The van der Waals surface area contributed by atoms with Crippen LogP contribution in [0.4, 0.5) is 0 Å². The molecule has 1 atom stereocenters. The molecular formula is C22H22O2Si. The van der Waals surface area contributed by atoms with Gasteiger partial charge < -0.3 is 4.74 Å². The summed E-state index contributed by atoms with van der Waals surface area (Å²) in [5.41, 5.74) is 5.88. The second-order valence-electron chi connectivity index (χ2n) is 6.71. The zero-order valence-electron chi connectivity index (χ0n) is 15.1. The second kappa shape index (κ2) is 8.38. The molecule has 0 heterocycles. The van der Waals surface area contributed by atoms with Crippen molar-refractivity contribution in [1.82, 2.24) is 0 Å². The highest BCUT2D eigenvalue weighted by Gasteiger charge is 2.16. The van der Waals surface area contributed by atoms with E-state index in [9.17, 15) is 4.79 Å². The lowest BCUT2D eigenvalue weighted by molar-refractivity contribution is -0.144. The summed E-state index contributed by atoms with van der Waals surface area (Å²) in [6, 6.07) is 17.5. The predicted molar refractivity (Wildman–Crippen MR) is 104 cm³/mol. The Morgan fingerprint density at radius 2 is 1.60 bits per heavy atom. The lowest BCUT2D eigenvalue weighted by Gasteiger charge is -2.14. The number of carbonyl (C=O) groups excluding carboxylic acids is 1. The van der Waals surface area contributed by atoms with Gasteiger partial charge in [0.05, 0.1) is 0 Å². The van der Waals surface area contributed by atoms with E-state index in [2.05, 4.69) is 42.9 Å². The van der Waals surface area contributed by atoms with Crippen molar-refractivity contribution >= 4 is 14.0 Å². The number of esters is 1. The number of ether oxygens (including phenoxy) is 1. The van der Waals surface area contributed by atoms with Gasteiger partial charge in [0.1, 0.15) is 8.07 Å². The fraction of sp³-hybridized carbons (Fsp3) is 0.227. The van der Waals surface area contributed by atoms with Crippen LogP contribution >= 0.6 is 0 Å². The van der Waals surface area contributed by atoms with Gasteiger partial charge in [0.15, 0.2) is 6.10 Å². The first-order valence-electron chi connectivity index (χ1n) is 8.21. The largest absolute Gasteiger partial charge is 0.444 e. The van der Waals surface area contributed by atoms with Gasteiger partial charge in [-0.1, -0.05) is 73.8 Å². The molecule has 0 amide bonds. The maximum atomic E-state index is 11.5. The fourth-order valence-corrected chi connectivity index (χ4v) is 2.68. The van der Waals surface area contributed by atoms with E-state index in [1.54, 1.807) is 0 Å². The van der Waals surface area contributed by atoms with Crippen LogP contribution in [0.2, 0.25) is 19.6 Å². The molecule has 126 valence electrons. The van der Waals surface area contributed by atoms with Gasteiger partial charge in [0.25, 0.3) is 0 Å². The van der Waals surface area contributed by atoms with Gasteiger partial charge in [-0.15, -0.1) is 5.54 Å². The second-order valence-corrected chi connectivity index (χ2v) is 11.5. The zero-order chi connectivity index (χ0) is 18.3. The zero-order valence-corrected chi connectivity index (χ0v) is 16.1. The van der Waals surface area contributed by atoms with Crippen LogP contribution in [0, 0.1) is 23.3 Å². The van der Waals surface area contributed by atoms with Crippen molar-refractivity contribution in [3.8, 4) is 23.3 Å². The number of hydrogen-bond acceptors (Lipinski definition) is 2. The molecule has 0 fully saturated rings. The van der Waals surface area contributed by atoms with Crippen molar-refractivity contribution in [3.05, 3.63) is 71.3 Å². The van der Waals surface area contributed by atoms with Crippen molar-refractivity contribution in [2.24, 2.45) is 0 Å². The van der Waals surface area contributed by atoms with Crippen LogP contribution in [-0.2, 0) is 9.53 Å². The summed E-state index contributed by atoms with van der Waals surface area (Å²) in [4.78, 5) is 11.5. The third-order valence-electron chi connectivity index (χ3n) is 3.22. The summed E-state index contributed by atoms with van der Waals surface area (Å²) in [5, 5.41) is 0. The van der Waals surface area contributed by atoms with Crippen LogP contribution < -0.4 is 0 Å². The van der Waals surface area contributed by atoms with Crippen LogP contribution in [0.25, 0.3) is 0 Å². The molecule has 0 radical (unpaired) electrons. The van der Waals surface area contributed by atoms with Gasteiger partial charge in [0, 0.05) is 23.6 Å². The van der Waals surface area contributed by atoms with Gasteiger partial charge in [-0.05, 0) is 18.2 Å². The maximum Gasteiger partial charge on any atom is 0.304 e. The summed E-state index contributed by atoms with van der Waals surface area (Å²) in [6.45, 7) is 7.88. The Hall–Kier alpha value is -2.75. The molecule has 25 heavy (non-hydrogen) atoms. The highest BCUT2D eigenvalue weighted by atomic mass is 28.3. The van der Waals surface area contributed by atoms with Crippen LogP contribution in [-0.4, -0.2) is 14.0 Å². The Morgan fingerprint density at radius 3 is 2.24 bits per heavy atom.